The van der Waals surface area contributed by atoms with Gasteiger partial charge < -0.3 is 50.6 Å². The maximum absolute atomic E-state index is 9.42. The van der Waals surface area contributed by atoms with E-state index >= 15 is 0 Å². The molecule has 0 heterocycles. The third kappa shape index (κ3) is 98.7. The van der Waals surface area contributed by atoms with Crippen LogP contribution in [0.5, 0.6) is 0 Å². The molecular formula is H22Mo2N2O14. The summed E-state index contributed by atoms with van der Waals surface area (Å²) in [6.07, 6.45) is 0. The van der Waals surface area contributed by atoms with Crippen molar-refractivity contribution < 1.29 is 95.0 Å². The van der Waals surface area contributed by atoms with Crippen molar-refractivity contribution in [3.05, 3.63) is 0 Å². The van der Waals surface area contributed by atoms with Crippen LogP contribution in [0.4, 0.5) is 0 Å². The molecule has 0 atom stereocenters. The average Bonchev–Trinajstić information content (AvgIpc) is 1.14. The van der Waals surface area contributed by atoms with Crippen molar-refractivity contribution in [2.75, 3.05) is 0 Å². The molecule has 0 amide bonds. The van der Waals surface area contributed by atoms with Crippen LogP contribution in [0, 0.1) is 0 Å². The Labute approximate surface area is 107 Å². The van der Waals surface area contributed by atoms with Gasteiger partial charge >= 0.3 is 56.6 Å². The van der Waals surface area contributed by atoms with Gasteiger partial charge in [-0.3, -0.25) is 0 Å². The van der Waals surface area contributed by atoms with Crippen LogP contribution >= 0.6 is 0 Å². The first-order valence-electron chi connectivity index (χ1n) is 1.33. The van der Waals surface area contributed by atoms with E-state index in [1.54, 1.807) is 0 Å². The van der Waals surface area contributed by atoms with Crippen molar-refractivity contribution in [3.63, 3.8) is 0 Å². The fourth-order valence-electron chi connectivity index (χ4n) is 0.102. The molecule has 18 heteroatoms. The van der Waals surface area contributed by atoms with Gasteiger partial charge in [-0.2, -0.15) is 0 Å². The molecule has 0 aromatic carbocycles. The maximum atomic E-state index is 9.42. The van der Waals surface area contributed by atoms with Gasteiger partial charge in [-0.15, -0.1) is 0 Å². The van der Waals surface area contributed by atoms with E-state index < -0.39 is 33.5 Å². The Balaban J connectivity index is -0.00000000889. The second kappa shape index (κ2) is 25.8. The van der Waals surface area contributed by atoms with E-state index in [1.165, 1.54) is 0 Å². The van der Waals surface area contributed by atoms with Crippen LogP contribution < -0.4 is 19.8 Å². The van der Waals surface area contributed by atoms with E-state index in [0.29, 0.717) is 0 Å². The van der Waals surface area contributed by atoms with Gasteiger partial charge in [-0.25, -0.2) is 0 Å². The second-order valence-electron chi connectivity index (χ2n) is 0.885. The predicted octanol–water partition coefficient (Wildman–Crippen LogP) is -7.95. The van der Waals surface area contributed by atoms with Crippen LogP contribution in [0.2, 0.25) is 0 Å². The molecule has 0 saturated carbocycles. The Kier molecular flexibility index (Phi) is 116. The van der Waals surface area contributed by atoms with Crippen LogP contribution in [0.1, 0.15) is 0 Å². The van der Waals surface area contributed by atoms with Gasteiger partial charge in [0.2, 0.25) is 0 Å². The van der Waals surface area contributed by atoms with Gasteiger partial charge in [-0.05, 0) is 0 Å². The molecule has 0 unspecified atom stereocenters. The van der Waals surface area contributed by atoms with Crippen LogP contribution in [0.3, 0.4) is 0 Å². The summed E-state index contributed by atoms with van der Waals surface area (Å²) in [5, 5.41) is 0. The predicted molar refractivity (Wildman–Crippen MR) is 41.1 cm³/mol. The van der Waals surface area contributed by atoms with Crippen molar-refractivity contribution in [2.45, 2.75) is 0 Å². The van der Waals surface area contributed by atoms with Crippen LogP contribution in [-0.2, 0) is 49.1 Å². The molecule has 0 aromatic heterocycles. The van der Waals surface area contributed by atoms with E-state index in [1.807, 2.05) is 0 Å². The van der Waals surface area contributed by atoms with Crippen molar-refractivity contribution in [1.82, 2.24) is 12.3 Å². The van der Waals surface area contributed by atoms with Crippen molar-refractivity contribution in [2.24, 2.45) is 0 Å². The number of hydrogen-bond acceptors (Lipinski definition) is 7. The summed E-state index contributed by atoms with van der Waals surface area (Å²) in [4.78, 5) is 0. The standard InChI is InChI=1S/2Mo.2H3N.7H2O.7O/h;;2*1H3;7*1H2;;;;;;;/q;;;;;;;;;;;;;;;;2*-1/p+2. The normalized spacial score (nSPS) is 6.78. The average molecular weight is 466 g/mol. The Morgan fingerprint density at radius 2 is 0.667 bits per heavy atom. The number of hydrogen-bond donors (Lipinski definition) is 2. The van der Waals surface area contributed by atoms with Crippen molar-refractivity contribution in [3.8, 4) is 0 Å². The zero-order valence-electron chi connectivity index (χ0n) is 9.17. The summed E-state index contributed by atoms with van der Waals surface area (Å²) in [7, 11) is 0. The molecule has 0 aliphatic heterocycles. The summed E-state index contributed by atoms with van der Waals surface area (Å²) in [5.41, 5.74) is 0. The Morgan fingerprint density at radius 3 is 0.667 bits per heavy atom. The Morgan fingerprint density at radius 1 is 0.556 bits per heavy atom. The summed E-state index contributed by atoms with van der Waals surface area (Å²) < 4.78 is 59.2. The van der Waals surface area contributed by atoms with Crippen LogP contribution in [0.25, 0.3) is 0 Å². The van der Waals surface area contributed by atoms with E-state index in [9.17, 15) is 21.1 Å². The number of quaternary nitrogens is 2. The topological polar surface area (TPSA) is 417 Å². The molecule has 0 aliphatic carbocycles. The fraction of sp³-hybridized carbons (Fsp3) is 0. The van der Waals surface area contributed by atoms with Crippen LogP contribution in [-0.4, -0.2) is 38.3 Å². The molecule has 0 aliphatic rings. The molecule has 22 N–H and O–H groups in total. The molecule has 0 fully saturated rings. The van der Waals surface area contributed by atoms with Crippen LogP contribution in [0.15, 0.2) is 0 Å². The summed E-state index contributed by atoms with van der Waals surface area (Å²) in [6, 6.07) is 0. The molecule has 0 rings (SSSR count). The third-order valence-corrected chi connectivity index (χ3v) is 5.83. The van der Waals surface area contributed by atoms with Gasteiger partial charge in [0.05, 0.1) is 0 Å². The van der Waals surface area contributed by atoms with Gasteiger partial charge in [-0.1, -0.05) is 0 Å². The first-order chi connectivity index (χ1) is 3.71. The summed E-state index contributed by atoms with van der Waals surface area (Å²) in [6.45, 7) is 0. The monoisotopic (exact) mass is 470 g/mol. The van der Waals surface area contributed by atoms with E-state index in [4.69, 9.17) is 0 Å². The molecule has 0 saturated heterocycles. The zero-order valence-corrected chi connectivity index (χ0v) is 13.2. The summed E-state index contributed by atoms with van der Waals surface area (Å²) >= 11 is -12.7. The van der Waals surface area contributed by atoms with Gasteiger partial charge in [0.1, 0.15) is 0 Å². The van der Waals surface area contributed by atoms with Crippen molar-refractivity contribution in [1.29, 1.82) is 0 Å². The molecule has 128 valence electrons. The zero-order chi connectivity index (χ0) is 7.71. The molecule has 0 aromatic rings. The van der Waals surface area contributed by atoms with E-state index in [0.717, 1.165) is 0 Å². The van der Waals surface area contributed by atoms with Gasteiger partial charge in [0.25, 0.3) is 0 Å². The number of rotatable bonds is 2. The second-order valence-corrected chi connectivity index (χ2v) is 7.21. The Hall–Kier alpha value is 0.0966. The van der Waals surface area contributed by atoms with Crippen molar-refractivity contribution >= 4 is 0 Å². The molecule has 18 heavy (non-hydrogen) atoms. The molecular weight excluding hydrogens is 444 g/mol. The quantitative estimate of drug-likeness (QED) is 0.369. The SMILES string of the molecule is O.O.O.O.O.O.O.[NH4+].[NH4+].[O]=[Mo](=[O])([O-])[O][Mo](=[O])(=[O])[O-]. The molecule has 0 radical (unpaired) electrons. The van der Waals surface area contributed by atoms with E-state index in [-0.39, 0.29) is 50.6 Å². The van der Waals surface area contributed by atoms with E-state index in [2.05, 4.69) is 2.04 Å². The first kappa shape index (κ1) is 80.7. The van der Waals surface area contributed by atoms with Gasteiger partial charge in [0, 0.05) is 0 Å². The van der Waals surface area contributed by atoms with Gasteiger partial charge in [0.15, 0.2) is 0 Å². The minimum absolute atomic E-state index is 0. The summed E-state index contributed by atoms with van der Waals surface area (Å²) in [5.74, 6) is 0. The molecule has 16 nitrogen and oxygen atoms in total. The minimum atomic E-state index is -6.37. The fourth-order valence-corrected chi connectivity index (χ4v) is 3.57. The Bertz CT molecular complexity index is 243. The molecule has 0 bridgehead atoms. The first-order valence-corrected chi connectivity index (χ1v) is 7.89. The third-order valence-electron chi connectivity index (χ3n) is 0.167. The molecule has 0 spiro atoms.